The van der Waals surface area contributed by atoms with Crippen LogP contribution in [0.3, 0.4) is 0 Å². The van der Waals surface area contributed by atoms with Gasteiger partial charge in [-0.2, -0.15) is 0 Å². The van der Waals surface area contributed by atoms with Gasteiger partial charge in [-0.15, -0.1) is 0 Å². The molecule has 0 saturated heterocycles. The Bertz CT molecular complexity index is 101. The highest BCUT2D eigenvalue weighted by Gasteiger charge is 1.97. The first kappa shape index (κ1) is 9.43. The molecule has 0 spiro atoms. The zero-order valence-corrected chi connectivity index (χ0v) is 6.42. The molecule has 3 nitrogen and oxygen atoms in total. The Morgan fingerprint density at radius 2 is 2.30 bits per heavy atom. The molecule has 0 aromatic heterocycles. The molecule has 1 unspecified atom stereocenters. The highest BCUT2D eigenvalue weighted by Crippen LogP contribution is 2.01. The molecule has 0 aliphatic rings. The first-order valence-electron chi connectivity index (χ1n) is 3.39. The molecule has 60 valence electrons. The van der Waals surface area contributed by atoms with Gasteiger partial charge in [0.15, 0.2) is 0 Å². The van der Waals surface area contributed by atoms with Crippen LogP contribution in [0.4, 0.5) is 0 Å². The first-order valence-corrected chi connectivity index (χ1v) is 3.39. The van der Waals surface area contributed by atoms with E-state index >= 15 is 0 Å². The number of carboxylic acids is 1. The van der Waals surface area contributed by atoms with E-state index in [9.17, 15) is 9.90 Å². The zero-order chi connectivity index (χ0) is 7.98. The average Bonchev–Trinajstić information content (AvgIpc) is 1.87. The molecule has 3 heteroatoms. The van der Waals surface area contributed by atoms with Gasteiger partial charge in [-0.3, -0.25) is 0 Å². The normalized spacial score (nSPS) is 13.0. The Morgan fingerprint density at radius 1 is 1.70 bits per heavy atom. The number of methoxy groups -OCH3 is 1. The Morgan fingerprint density at radius 3 is 2.70 bits per heavy atom. The maximum absolute atomic E-state index is 9.92. The van der Waals surface area contributed by atoms with Crippen molar-refractivity contribution in [3.8, 4) is 0 Å². The first-order chi connectivity index (χ1) is 4.66. The lowest BCUT2D eigenvalue weighted by Gasteiger charge is -2.08. The number of aliphatic carboxylic acids is 1. The molecular weight excluding hydrogens is 132 g/mol. The summed E-state index contributed by atoms with van der Waals surface area (Å²) < 4.78 is 4.92. The SMILES string of the molecule is COC(C)CCCC(=O)[O-]. The highest BCUT2D eigenvalue weighted by molar-refractivity contribution is 5.64. The van der Waals surface area contributed by atoms with Gasteiger partial charge in [-0.05, 0) is 26.2 Å². The molecular formula is C7H13O3-. The molecule has 1 atom stereocenters. The van der Waals surface area contributed by atoms with Crippen LogP contribution in [0.2, 0.25) is 0 Å². The van der Waals surface area contributed by atoms with E-state index in [-0.39, 0.29) is 12.5 Å². The lowest BCUT2D eigenvalue weighted by molar-refractivity contribution is -0.305. The lowest BCUT2D eigenvalue weighted by Crippen LogP contribution is -2.22. The van der Waals surface area contributed by atoms with Crippen molar-refractivity contribution in [2.75, 3.05) is 7.11 Å². The fourth-order valence-corrected chi connectivity index (χ4v) is 0.652. The number of rotatable bonds is 5. The molecule has 0 bridgehead atoms. The van der Waals surface area contributed by atoms with Gasteiger partial charge in [0, 0.05) is 13.1 Å². The number of carbonyl (C=O) groups excluding carboxylic acids is 1. The van der Waals surface area contributed by atoms with Crippen molar-refractivity contribution in [3.05, 3.63) is 0 Å². The third-order valence-electron chi connectivity index (χ3n) is 1.39. The lowest BCUT2D eigenvalue weighted by atomic mass is 10.2. The van der Waals surface area contributed by atoms with Crippen molar-refractivity contribution in [2.24, 2.45) is 0 Å². The molecule has 10 heavy (non-hydrogen) atoms. The minimum atomic E-state index is -0.983. The topological polar surface area (TPSA) is 49.4 Å². The van der Waals surface area contributed by atoms with Gasteiger partial charge in [-0.25, -0.2) is 0 Å². The maximum atomic E-state index is 9.92. The molecule has 0 N–H and O–H groups in total. The summed E-state index contributed by atoms with van der Waals surface area (Å²) in [4.78, 5) is 9.92. The fourth-order valence-electron chi connectivity index (χ4n) is 0.652. The largest absolute Gasteiger partial charge is 0.550 e. The summed E-state index contributed by atoms with van der Waals surface area (Å²) in [6, 6.07) is 0. The molecule has 0 aromatic carbocycles. The second-order valence-corrected chi connectivity index (χ2v) is 2.31. The van der Waals surface area contributed by atoms with E-state index in [2.05, 4.69) is 0 Å². The molecule has 0 amide bonds. The molecule has 0 rings (SSSR count). The van der Waals surface area contributed by atoms with Gasteiger partial charge in [0.05, 0.1) is 6.10 Å². The summed E-state index contributed by atoms with van der Waals surface area (Å²) in [5.74, 6) is -0.983. The van der Waals surface area contributed by atoms with E-state index in [1.165, 1.54) is 0 Å². The van der Waals surface area contributed by atoms with E-state index < -0.39 is 5.97 Å². The summed E-state index contributed by atoms with van der Waals surface area (Å²) in [6.45, 7) is 1.91. The highest BCUT2D eigenvalue weighted by atomic mass is 16.5. The number of ether oxygens (including phenoxy) is 1. The van der Waals surface area contributed by atoms with Crippen molar-refractivity contribution in [1.29, 1.82) is 0 Å². The van der Waals surface area contributed by atoms with E-state index in [0.29, 0.717) is 6.42 Å². The molecule has 0 radical (unpaired) electrons. The number of hydrogen-bond donors (Lipinski definition) is 0. The third-order valence-corrected chi connectivity index (χ3v) is 1.39. The zero-order valence-electron chi connectivity index (χ0n) is 6.42. The molecule has 0 saturated carbocycles. The second kappa shape index (κ2) is 5.23. The van der Waals surface area contributed by atoms with Crippen LogP contribution in [0, 0.1) is 0 Å². The third kappa shape index (κ3) is 5.56. The quantitative estimate of drug-likeness (QED) is 0.544. The van der Waals surface area contributed by atoms with Crippen LogP contribution in [0.25, 0.3) is 0 Å². The van der Waals surface area contributed by atoms with Crippen molar-refractivity contribution in [1.82, 2.24) is 0 Å². The standard InChI is InChI=1S/C7H14O3/c1-6(10-2)4-3-5-7(8)9/h6H,3-5H2,1-2H3,(H,8,9)/p-1. The summed E-state index contributed by atoms with van der Waals surface area (Å²) in [6.07, 6.45) is 1.70. The van der Waals surface area contributed by atoms with Crippen LogP contribution in [-0.4, -0.2) is 19.2 Å². The van der Waals surface area contributed by atoms with Gasteiger partial charge in [-0.1, -0.05) is 0 Å². The summed E-state index contributed by atoms with van der Waals surface area (Å²) >= 11 is 0. The number of carbonyl (C=O) groups is 1. The molecule has 0 aromatic rings. The van der Waals surface area contributed by atoms with Gasteiger partial charge < -0.3 is 14.6 Å². The molecule has 0 aliphatic carbocycles. The van der Waals surface area contributed by atoms with Crippen molar-refractivity contribution < 1.29 is 14.6 Å². The van der Waals surface area contributed by atoms with Crippen LogP contribution >= 0.6 is 0 Å². The number of hydrogen-bond acceptors (Lipinski definition) is 3. The summed E-state index contributed by atoms with van der Waals surface area (Å²) in [5, 5.41) is 9.92. The van der Waals surface area contributed by atoms with Gasteiger partial charge >= 0.3 is 0 Å². The van der Waals surface area contributed by atoms with Gasteiger partial charge in [0.1, 0.15) is 0 Å². The Labute approximate surface area is 61.0 Å². The Kier molecular flexibility index (Phi) is 4.94. The van der Waals surface area contributed by atoms with E-state index in [4.69, 9.17) is 4.74 Å². The minimum Gasteiger partial charge on any atom is -0.550 e. The molecule has 0 fully saturated rings. The molecule has 0 aliphatic heterocycles. The number of carboxylic acid groups (broad SMARTS) is 1. The summed E-state index contributed by atoms with van der Waals surface area (Å²) in [5.41, 5.74) is 0. The summed E-state index contributed by atoms with van der Waals surface area (Å²) in [7, 11) is 1.61. The van der Waals surface area contributed by atoms with E-state index in [1.54, 1.807) is 7.11 Å². The van der Waals surface area contributed by atoms with Crippen LogP contribution in [0.15, 0.2) is 0 Å². The Balaban J connectivity index is 3.11. The van der Waals surface area contributed by atoms with Crippen LogP contribution in [-0.2, 0) is 9.53 Å². The van der Waals surface area contributed by atoms with E-state index in [1.807, 2.05) is 6.92 Å². The van der Waals surface area contributed by atoms with Crippen LogP contribution in [0.1, 0.15) is 26.2 Å². The van der Waals surface area contributed by atoms with Crippen molar-refractivity contribution in [2.45, 2.75) is 32.3 Å². The van der Waals surface area contributed by atoms with Gasteiger partial charge in [0.2, 0.25) is 0 Å². The maximum Gasteiger partial charge on any atom is 0.0543 e. The molecule has 0 heterocycles. The Hall–Kier alpha value is -0.570. The van der Waals surface area contributed by atoms with Crippen LogP contribution in [0.5, 0.6) is 0 Å². The fraction of sp³-hybridized carbons (Fsp3) is 0.857. The predicted octanol–water partition coefficient (Wildman–Crippen LogP) is -0.0585. The average molecular weight is 145 g/mol. The monoisotopic (exact) mass is 145 g/mol. The predicted molar refractivity (Wildman–Crippen MR) is 35.3 cm³/mol. The van der Waals surface area contributed by atoms with E-state index in [0.717, 1.165) is 6.42 Å². The second-order valence-electron chi connectivity index (χ2n) is 2.31. The van der Waals surface area contributed by atoms with Crippen LogP contribution < -0.4 is 5.11 Å². The van der Waals surface area contributed by atoms with Crippen molar-refractivity contribution in [3.63, 3.8) is 0 Å². The smallest absolute Gasteiger partial charge is 0.0543 e. The van der Waals surface area contributed by atoms with Crippen molar-refractivity contribution >= 4 is 5.97 Å². The van der Waals surface area contributed by atoms with Gasteiger partial charge in [0.25, 0.3) is 0 Å². The minimum absolute atomic E-state index is 0.133.